The third-order valence-corrected chi connectivity index (χ3v) is 5.54. The molecule has 2 fully saturated rings. The van der Waals surface area contributed by atoms with E-state index in [9.17, 15) is 4.79 Å². The van der Waals surface area contributed by atoms with Gasteiger partial charge < -0.3 is 10.6 Å². The smallest absolute Gasteiger partial charge is 0.223 e. The second kappa shape index (κ2) is 8.99. The van der Waals surface area contributed by atoms with Crippen LogP contribution < -0.4 is 5.73 Å². The van der Waals surface area contributed by atoms with E-state index in [0.717, 1.165) is 25.8 Å². The van der Waals surface area contributed by atoms with E-state index in [1.54, 1.807) is 0 Å². The van der Waals surface area contributed by atoms with Crippen LogP contribution in [0.1, 0.15) is 77.6 Å². The monoisotopic (exact) mass is 316 g/mol. The van der Waals surface area contributed by atoms with Crippen molar-refractivity contribution in [2.75, 3.05) is 13.1 Å². The summed E-state index contributed by atoms with van der Waals surface area (Å²) in [6.45, 7) is 3.87. The van der Waals surface area contributed by atoms with Crippen LogP contribution in [0.2, 0.25) is 0 Å². The summed E-state index contributed by atoms with van der Waals surface area (Å²) in [5.74, 6) is 0.381. The van der Waals surface area contributed by atoms with Crippen molar-refractivity contribution >= 4 is 18.3 Å². The Balaban J connectivity index is 0.00000220. The zero-order chi connectivity index (χ0) is 14.4. The van der Waals surface area contributed by atoms with Gasteiger partial charge in [-0.05, 0) is 44.1 Å². The number of rotatable bonds is 4. The molecule has 1 amide bonds. The Labute approximate surface area is 136 Å². The summed E-state index contributed by atoms with van der Waals surface area (Å²) in [4.78, 5) is 15.0. The number of carbonyl (C=O) groups is 1. The first kappa shape index (κ1) is 18.8. The standard InChI is InChI=1S/C17H32N2O.ClH/c1-2-15-9-5-3-8-12-19(15)16(20)13-17(14-18)10-6-4-7-11-17;/h15H,2-14,18H2,1H3;1H. The molecule has 1 aliphatic heterocycles. The molecule has 0 aromatic carbocycles. The third kappa shape index (κ3) is 4.85. The Kier molecular flexibility index (Phi) is 8.04. The highest BCUT2D eigenvalue weighted by atomic mass is 35.5. The van der Waals surface area contributed by atoms with Gasteiger partial charge in [0.15, 0.2) is 0 Å². The Bertz CT molecular complexity index is 316. The molecule has 124 valence electrons. The highest BCUT2D eigenvalue weighted by Gasteiger charge is 2.35. The second-order valence-corrected chi connectivity index (χ2v) is 6.94. The number of halogens is 1. The van der Waals surface area contributed by atoms with Crippen LogP contribution in [0.15, 0.2) is 0 Å². The van der Waals surface area contributed by atoms with Crippen LogP contribution in [-0.4, -0.2) is 29.9 Å². The number of hydrogen-bond donors (Lipinski definition) is 1. The molecule has 0 radical (unpaired) electrons. The second-order valence-electron chi connectivity index (χ2n) is 6.94. The molecule has 1 unspecified atom stereocenters. The quantitative estimate of drug-likeness (QED) is 0.855. The summed E-state index contributed by atoms with van der Waals surface area (Å²) in [5, 5.41) is 0. The lowest BCUT2D eigenvalue weighted by molar-refractivity contribution is -0.136. The van der Waals surface area contributed by atoms with E-state index in [2.05, 4.69) is 11.8 Å². The first-order valence-corrected chi connectivity index (χ1v) is 8.70. The maximum atomic E-state index is 12.8. The molecule has 1 saturated carbocycles. The lowest BCUT2D eigenvalue weighted by atomic mass is 9.71. The summed E-state index contributed by atoms with van der Waals surface area (Å²) >= 11 is 0. The minimum atomic E-state index is 0. The summed E-state index contributed by atoms with van der Waals surface area (Å²) in [5.41, 5.74) is 6.15. The molecular formula is C17H33ClN2O. The molecule has 2 aliphatic rings. The highest BCUT2D eigenvalue weighted by molar-refractivity contribution is 5.85. The van der Waals surface area contributed by atoms with Gasteiger partial charge in [-0.25, -0.2) is 0 Å². The lowest BCUT2D eigenvalue weighted by Gasteiger charge is -2.38. The van der Waals surface area contributed by atoms with Crippen molar-refractivity contribution in [3.8, 4) is 0 Å². The van der Waals surface area contributed by atoms with Gasteiger partial charge in [-0.3, -0.25) is 4.79 Å². The van der Waals surface area contributed by atoms with Crippen LogP contribution >= 0.6 is 12.4 Å². The first-order chi connectivity index (χ1) is 9.71. The Morgan fingerprint density at radius 1 is 1.14 bits per heavy atom. The fourth-order valence-corrected chi connectivity index (χ4v) is 4.11. The largest absolute Gasteiger partial charge is 0.340 e. The molecule has 3 nitrogen and oxygen atoms in total. The molecule has 2 rings (SSSR count). The minimum Gasteiger partial charge on any atom is -0.340 e. The molecule has 4 heteroatoms. The molecule has 1 aliphatic carbocycles. The van der Waals surface area contributed by atoms with E-state index in [-0.39, 0.29) is 17.8 Å². The highest BCUT2D eigenvalue weighted by Crippen LogP contribution is 2.39. The van der Waals surface area contributed by atoms with Crippen molar-refractivity contribution in [3.05, 3.63) is 0 Å². The number of likely N-dealkylation sites (tertiary alicyclic amines) is 1. The fourth-order valence-electron chi connectivity index (χ4n) is 4.11. The Hall–Kier alpha value is -0.280. The molecule has 0 aromatic rings. The van der Waals surface area contributed by atoms with E-state index < -0.39 is 0 Å². The summed E-state index contributed by atoms with van der Waals surface area (Å²) < 4.78 is 0. The predicted molar refractivity (Wildman–Crippen MR) is 90.7 cm³/mol. The molecular weight excluding hydrogens is 284 g/mol. The molecule has 0 bridgehead atoms. The molecule has 1 heterocycles. The maximum Gasteiger partial charge on any atom is 0.223 e. The first-order valence-electron chi connectivity index (χ1n) is 8.70. The third-order valence-electron chi connectivity index (χ3n) is 5.54. The van der Waals surface area contributed by atoms with E-state index >= 15 is 0 Å². The topological polar surface area (TPSA) is 46.3 Å². The Morgan fingerprint density at radius 2 is 1.81 bits per heavy atom. The molecule has 0 aromatic heterocycles. The predicted octanol–water partition coefficient (Wildman–Crippen LogP) is 3.89. The normalized spacial score (nSPS) is 25.8. The van der Waals surface area contributed by atoms with Crippen molar-refractivity contribution < 1.29 is 4.79 Å². The molecule has 2 N–H and O–H groups in total. The van der Waals surface area contributed by atoms with Crippen molar-refractivity contribution in [1.29, 1.82) is 0 Å². The van der Waals surface area contributed by atoms with Crippen molar-refractivity contribution in [2.45, 2.75) is 83.6 Å². The molecule has 0 spiro atoms. The van der Waals surface area contributed by atoms with Gasteiger partial charge in [0, 0.05) is 19.0 Å². The van der Waals surface area contributed by atoms with Crippen LogP contribution in [0.5, 0.6) is 0 Å². The fraction of sp³-hybridized carbons (Fsp3) is 0.941. The summed E-state index contributed by atoms with van der Waals surface area (Å²) in [6.07, 6.45) is 12.9. The molecule has 1 atom stereocenters. The number of carbonyl (C=O) groups excluding carboxylic acids is 1. The average Bonchev–Trinajstić information content (AvgIpc) is 2.73. The van der Waals surface area contributed by atoms with Crippen LogP contribution in [0.25, 0.3) is 0 Å². The van der Waals surface area contributed by atoms with Crippen LogP contribution in [0.4, 0.5) is 0 Å². The van der Waals surface area contributed by atoms with Gasteiger partial charge in [0.05, 0.1) is 0 Å². The summed E-state index contributed by atoms with van der Waals surface area (Å²) in [7, 11) is 0. The SMILES string of the molecule is CCC1CCCCCN1C(=O)CC1(CN)CCCCC1.Cl. The van der Waals surface area contributed by atoms with Gasteiger partial charge in [0.25, 0.3) is 0 Å². The van der Waals surface area contributed by atoms with Gasteiger partial charge >= 0.3 is 0 Å². The van der Waals surface area contributed by atoms with Crippen molar-refractivity contribution in [3.63, 3.8) is 0 Å². The van der Waals surface area contributed by atoms with Gasteiger partial charge in [-0.15, -0.1) is 12.4 Å². The molecule has 1 saturated heterocycles. The zero-order valence-electron chi connectivity index (χ0n) is 13.6. The van der Waals surface area contributed by atoms with Gasteiger partial charge in [0.2, 0.25) is 5.91 Å². The summed E-state index contributed by atoms with van der Waals surface area (Å²) in [6, 6.07) is 0.475. The number of nitrogens with two attached hydrogens (primary N) is 1. The number of amides is 1. The van der Waals surface area contributed by atoms with Gasteiger partial charge in [0.1, 0.15) is 0 Å². The van der Waals surface area contributed by atoms with Crippen molar-refractivity contribution in [1.82, 2.24) is 4.90 Å². The van der Waals surface area contributed by atoms with Crippen LogP contribution in [0, 0.1) is 5.41 Å². The van der Waals surface area contributed by atoms with Crippen molar-refractivity contribution in [2.24, 2.45) is 11.1 Å². The van der Waals surface area contributed by atoms with Gasteiger partial charge in [-0.1, -0.05) is 39.0 Å². The number of hydrogen-bond acceptors (Lipinski definition) is 2. The minimum absolute atomic E-state index is 0. The number of nitrogens with zero attached hydrogens (tertiary/aromatic N) is 1. The van der Waals surface area contributed by atoms with E-state index in [1.807, 2.05) is 0 Å². The van der Waals surface area contributed by atoms with E-state index in [4.69, 9.17) is 5.73 Å². The van der Waals surface area contributed by atoms with Gasteiger partial charge in [-0.2, -0.15) is 0 Å². The zero-order valence-corrected chi connectivity index (χ0v) is 14.4. The van der Waals surface area contributed by atoms with Crippen LogP contribution in [0.3, 0.4) is 0 Å². The molecule has 21 heavy (non-hydrogen) atoms. The lowest BCUT2D eigenvalue weighted by Crippen LogP contribution is -2.44. The van der Waals surface area contributed by atoms with E-state index in [0.29, 0.717) is 24.9 Å². The maximum absolute atomic E-state index is 12.8. The van der Waals surface area contributed by atoms with Crippen LogP contribution in [-0.2, 0) is 4.79 Å². The Morgan fingerprint density at radius 3 is 2.43 bits per heavy atom. The van der Waals surface area contributed by atoms with E-state index in [1.165, 1.54) is 44.9 Å². The average molecular weight is 317 g/mol.